The van der Waals surface area contributed by atoms with Crippen LogP contribution in [0.15, 0.2) is 48.9 Å². The molecular formula is C21H17FN6O. The minimum atomic E-state index is -0.327. The number of fused-ring (bicyclic) bond motifs is 1. The molecule has 1 aliphatic carbocycles. The van der Waals surface area contributed by atoms with Gasteiger partial charge >= 0.3 is 0 Å². The van der Waals surface area contributed by atoms with Gasteiger partial charge in [-0.25, -0.2) is 24.3 Å². The summed E-state index contributed by atoms with van der Waals surface area (Å²) in [7, 11) is 0. The normalized spacial score (nSPS) is 13.6. The molecule has 7 nitrogen and oxygen atoms in total. The number of carbonyl (C=O) groups excluding carboxylic acids is 1. The van der Waals surface area contributed by atoms with Crippen molar-refractivity contribution in [3.8, 4) is 11.6 Å². The van der Waals surface area contributed by atoms with Crippen LogP contribution in [0.2, 0.25) is 0 Å². The minimum Gasteiger partial charge on any atom is -0.267 e. The quantitative estimate of drug-likeness (QED) is 0.577. The van der Waals surface area contributed by atoms with Crippen LogP contribution in [0.3, 0.4) is 0 Å². The molecule has 1 aromatic carbocycles. The van der Waals surface area contributed by atoms with Gasteiger partial charge in [-0.1, -0.05) is 0 Å². The summed E-state index contributed by atoms with van der Waals surface area (Å²) in [5.74, 6) is 0.510. The van der Waals surface area contributed by atoms with E-state index in [2.05, 4.69) is 25.4 Å². The van der Waals surface area contributed by atoms with Crippen molar-refractivity contribution in [1.82, 2.24) is 24.6 Å². The smallest absolute Gasteiger partial charge is 0.267 e. The third-order valence-corrected chi connectivity index (χ3v) is 4.99. The first-order valence-corrected chi connectivity index (χ1v) is 9.33. The Labute approximate surface area is 165 Å². The summed E-state index contributed by atoms with van der Waals surface area (Å²) >= 11 is 0. The number of nitrogens with zero attached hydrogens (tertiary/aromatic N) is 5. The molecule has 1 N–H and O–H groups in total. The van der Waals surface area contributed by atoms with E-state index >= 15 is 0 Å². The van der Waals surface area contributed by atoms with Crippen LogP contribution in [-0.4, -0.2) is 30.5 Å². The highest BCUT2D eigenvalue weighted by Gasteiger charge is 2.29. The van der Waals surface area contributed by atoms with Crippen LogP contribution >= 0.6 is 0 Å². The van der Waals surface area contributed by atoms with E-state index in [1.54, 1.807) is 36.1 Å². The SMILES string of the molecule is Cc1nc(-c2ncccn2)ncc1C(=O)Nn1c(C2CC2)cc2cc(F)ccc21. The average molecular weight is 388 g/mol. The lowest BCUT2D eigenvalue weighted by atomic mass is 10.2. The zero-order chi connectivity index (χ0) is 20.0. The summed E-state index contributed by atoms with van der Waals surface area (Å²) in [4.78, 5) is 29.9. The van der Waals surface area contributed by atoms with Crippen LogP contribution in [0, 0.1) is 12.7 Å². The fraction of sp³-hybridized carbons (Fsp3) is 0.190. The van der Waals surface area contributed by atoms with Crippen LogP contribution in [0.4, 0.5) is 4.39 Å². The molecule has 3 heterocycles. The number of carbonyl (C=O) groups is 1. The van der Waals surface area contributed by atoms with E-state index in [0.717, 1.165) is 29.4 Å². The third-order valence-electron chi connectivity index (χ3n) is 4.99. The van der Waals surface area contributed by atoms with Gasteiger partial charge in [0.2, 0.25) is 0 Å². The number of aryl methyl sites for hydroxylation is 1. The molecule has 8 heteroatoms. The van der Waals surface area contributed by atoms with Gasteiger partial charge in [0.05, 0.1) is 16.8 Å². The van der Waals surface area contributed by atoms with E-state index in [9.17, 15) is 9.18 Å². The van der Waals surface area contributed by atoms with Crippen molar-refractivity contribution in [3.05, 3.63) is 71.7 Å². The first-order valence-electron chi connectivity index (χ1n) is 9.33. The van der Waals surface area contributed by atoms with Crippen molar-refractivity contribution in [2.75, 3.05) is 5.43 Å². The Bertz CT molecular complexity index is 1230. The molecular weight excluding hydrogens is 371 g/mol. The van der Waals surface area contributed by atoms with Crippen molar-refractivity contribution in [3.63, 3.8) is 0 Å². The number of rotatable bonds is 4. The number of hydrogen-bond donors (Lipinski definition) is 1. The van der Waals surface area contributed by atoms with Crippen LogP contribution in [0.5, 0.6) is 0 Å². The fourth-order valence-corrected chi connectivity index (χ4v) is 3.39. The van der Waals surface area contributed by atoms with Crippen LogP contribution in [0.1, 0.15) is 40.5 Å². The zero-order valence-corrected chi connectivity index (χ0v) is 15.6. The summed E-state index contributed by atoms with van der Waals surface area (Å²) in [6.07, 6.45) is 6.82. The molecule has 0 atom stereocenters. The van der Waals surface area contributed by atoms with Gasteiger partial charge in [0.25, 0.3) is 5.91 Å². The van der Waals surface area contributed by atoms with Gasteiger partial charge in [0, 0.05) is 35.6 Å². The molecule has 0 spiro atoms. The first kappa shape index (κ1) is 17.4. The van der Waals surface area contributed by atoms with Gasteiger partial charge in [-0.2, -0.15) is 0 Å². The molecule has 0 unspecified atom stereocenters. The van der Waals surface area contributed by atoms with Gasteiger partial charge in [-0.05, 0) is 50.1 Å². The van der Waals surface area contributed by atoms with E-state index in [1.165, 1.54) is 18.3 Å². The monoisotopic (exact) mass is 388 g/mol. The van der Waals surface area contributed by atoms with Gasteiger partial charge in [-0.3, -0.25) is 14.9 Å². The summed E-state index contributed by atoms with van der Waals surface area (Å²) in [5.41, 5.74) is 5.55. The lowest BCUT2D eigenvalue weighted by molar-refractivity contribution is 0.101. The van der Waals surface area contributed by atoms with E-state index < -0.39 is 0 Å². The number of benzene rings is 1. The maximum absolute atomic E-state index is 13.6. The molecule has 4 aromatic rings. The highest BCUT2D eigenvalue weighted by Crippen LogP contribution is 2.42. The maximum Gasteiger partial charge on any atom is 0.273 e. The largest absolute Gasteiger partial charge is 0.273 e. The number of hydrogen-bond acceptors (Lipinski definition) is 5. The van der Waals surface area contributed by atoms with Crippen molar-refractivity contribution in [2.45, 2.75) is 25.7 Å². The molecule has 0 saturated heterocycles. The Balaban J connectivity index is 1.49. The first-order chi connectivity index (χ1) is 14.1. The average Bonchev–Trinajstić information content (AvgIpc) is 3.51. The number of amides is 1. The topological polar surface area (TPSA) is 85.6 Å². The highest BCUT2D eigenvalue weighted by molar-refractivity contribution is 6.01. The van der Waals surface area contributed by atoms with Gasteiger partial charge in [0.1, 0.15) is 5.82 Å². The second-order valence-electron chi connectivity index (χ2n) is 7.09. The number of halogens is 1. The maximum atomic E-state index is 13.6. The molecule has 5 rings (SSSR count). The van der Waals surface area contributed by atoms with Gasteiger partial charge in [0.15, 0.2) is 11.6 Å². The summed E-state index contributed by atoms with van der Waals surface area (Å²) in [5, 5.41) is 0.761. The molecule has 1 aliphatic rings. The van der Waals surface area contributed by atoms with Crippen molar-refractivity contribution >= 4 is 16.8 Å². The lowest BCUT2D eigenvalue weighted by Crippen LogP contribution is -2.25. The van der Waals surface area contributed by atoms with Gasteiger partial charge in [-0.15, -0.1) is 0 Å². The van der Waals surface area contributed by atoms with E-state index in [0.29, 0.717) is 28.8 Å². The van der Waals surface area contributed by atoms with Crippen LogP contribution in [-0.2, 0) is 0 Å². The van der Waals surface area contributed by atoms with Crippen LogP contribution in [0.25, 0.3) is 22.6 Å². The molecule has 144 valence electrons. The Morgan fingerprint density at radius 1 is 1.14 bits per heavy atom. The number of aromatic nitrogens is 5. The van der Waals surface area contributed by atoms with Crippen LogP contribution < -0.4 is 5.43 Å². The Morgan fingerprint density at radius 2 is 1.93 bits per heavy atom. The summed E-state index contributed by atoms with van der Waals surface area (Å²) in [6, 6.07) is 8.20. The lowest BCUT2D eigenvalue weighted by Gasteiger charge is -2.13. The van der Waals surface area contributed by atoms with Gasteiger partial charge < -0.3 is 0 Å². The molecule has 29 heavy (non-hydrogen) atoms. The number of nitrogens with one attached hydrogen (secondary N) is 1. The van der Waals surface area contributed by atoms with Crippen molar-refractivity contribution < 1.29 is 9.18 Å². The predicted molar refractivity (Wildman–Crippen MR) is 105 cm³/mol. The highest BCUT2D eigenvalue weighted by atomic mass is 19.1. The molecule has 0 bridgehead atoms. The second-order valence-corrected chi connectivity index (χ2v) is 7.09. The Morgan fingerprint density at radius 3 is 2.66 bits per heavy atom. The fourth-order valence-electron chi connectivity index (χ4n) is 3.39. The summed E-state index contributed by atoms with van der Waals surface area (Å²) in [6.45, 7) is 1.74. The van der Waals surface area contributed by atoms with E-state index in [4.69, 9.17) is 0 Å². The third kappa shape index (κ3) is 3.22. The van der Waals surface area contributed by atoms with Crippen molar-refractivity contribution in [2.24, 2.45) is 0 Å². The zero-order valence-electron chi connectivity index (χ0n) is 15.6. The Hall–Kier alpha value is -3.68. The standard InChI is InChI=1S/C21H17FN6O/c1-12-16(11-25-20(26-12)19-23-7-2-8-24-19)21(29)27-28-17-6-5-15(22)9-14(17)10-18(28)13-3-4-13/h2,5-11,13H,3-4H2,1H3,(H,27,29). The van der Waals surface area contributed by atoms with Crippen molar-refractivity contribution in [1.29, 1.82) is 0 Å². The van der Waals surface area contributed by atoms with E-state index in [1.807, 2.05) is 6.07 Å². The van der Waals surface area contributed by atoms with E-state index in [-0.39, 0.29) is 11.7 Å². The molecule has 0 radical (unpaired) electrons. The predicted octanol–water partition coefficient (Wildman–Crippen LogP) is 3.60. The molecule has 1 fully saturated rings. The summed E-state index contributed by atoms with van der Waals surface area (Å²) < 4.78 is 15.4. The molecule has 1 amide bonds. The molecule has 1 saturated carbocycles. The Kier molecular flexibility index (Phi) is 4.04. The molecule has 0 aliphatic heterocycles. The molecule has 3 aromatic heterocycles. The minimum absolute atomic E-state index is 0.300. The second kappa shape index (κ2) is 6.73.